The van der Waals surface area contributed by atoms with Crippen LogP contribution in [-0.4, -0.2) is 31.3 Å². The summed E-state index contributed by atoms with van der Waals surface area (Å²) in [5, 5.41) is 20.7. The van der Waals surface area contributed by atoms with Crippen molar-refractivity contribution < 1.29 is 9.90 Å². The van der Waals surface area contributed by atoms with E-state index in [1.807, 2.05) is 25.1 Å². The molecule has 0 bridgehead atoms. The Balaban J connectivity index is 2.07. The van der Waals surface area contributed by atoms with Crippen molar-refractivity contribution in [2.45, 2.75) is 32.7 Å². The Morgan fingerprint density at radius 2 is 1.95 bits per heavy atom. The van der Waals surface area contributed by atoms with Crippen LogP contribution in [0.25, 0.3) is 0 Å². The number of tetrazole rings is 1. The first-order chi connectivity index (χ1) is 9.59. The van der Waals surface area contributed by atoms with E-state index >= 15 is 0 Å². The fourth-order valence-corrected chi connectivity index (χ4v) is 2.01. The Bertz CT molecular complexity index is 568. The van der Waals surface area contributed by atoms with E-state index < -0.39 is 11.9 Å². The van der Waals surface area contributed by atoms with Gasteiger partial charge in [0.15, 0.2) is 5.82 Å². The van der Waals surface area contributed by atoms with E-state index in [1.165, 1.54) is 5.56 Å². The van der Waals surface area contributed by atoms with Crippen LogP contribution < -0.4 is 0 Å². The molecule has 0 spiro atoms. The molecule has 0 fully saturated rings. The normalized spacial score (nSPS) is 13.9. The van der Waals surface area contributed by atoms with Gasteiger partial charge in [0.25, 0.3) is 0 Å². The molecule has 1 aromatic heterocycles. The second-order valence-electron chi connectivity index (χ2n) is 4.89. The second-order valence-corrected chi connectivity index (χ2v) is 4.89. The van der Waals surface area contributed by atoms with Crippen molar-refractivity contribution in [2.24, 2.45) is 5.92 Å². The van der Waals surface area contributed by atoms with Crippen LogP contribution in [0.3, 0.4) is 0 Å². The first-order valence-electron chi connectivity index (χ1n) is 6.63. The Morgan fingerprint density at radius 3 is 2.60 bits per heavy atom. The van der Waals surface area contributed by atoms with Gasteiger partial charge in [-0.25, -0.2) is 4.68 Å². The molecule has 0 saturated carbocycles. The number of rotatable bonds is 6. The van der Waals surface area contributed by atoms with Gasteiger partial charge in [-0.2, -0.15) is 0 Å². The van der Waals surface area contributed by atoms with Crippen LogP contribution in [0.1, 0.15) is 31.3 Å². The van der Waals surface area contributed by atoms with Gasteiger partial charge in [0.05, 0.1) is 12.0 Å². The molecule has 20 heavy (non-hydrogen) atoms. The number of carboxylic acid groups (broad SMARTS) is 1. The Labute approximate surface area is 117 Å². The average molecular weight is 274 g/mol. The van der Waals surface area contributed by atoms with E-state index in [-0.39, 0.29) is 6.04 Å². The van der Waals surface area contributed by atoms with Crippen LogP contribution in [-0.2, 0) is 17.6 Å². The second kappa shape index (κ2) is 6.27. The van der Waals surface area contributed by atoms with Crippen molar-refractivity contribution in [1.82, 2.24) is 20.2 Å². The molecular formula is C14H18N4O2. The Morgan fingerprint density at radius 1 is 1.25 bits per heavy atom. The SMILES string of the molecule is CC(C(=O)O)C(C)n1nnnc1CCc1ccccc1. The average Bonchev–Trinajstić information content (AvgIpc) is 2.93. The number of hydrogen-bond donors (Lipinski definition) is 1. The summed E-state index contributed by atoms with van der Waals surface area (Å²) in [6.45, 7) is 3.48. The van der Waals surface area contributed by atoms with Crippen molar-refractivity contribution in [3.05, 3.63) is 41.7 Å². The molecule has 6 nitrogen and oxygen atoms in total. The van der Waals surface area contributed by atoms with Gasteiger partial charge in [-0.1, -0.05) is 30.3 Å². The van der Waals surface area contributed by atoms with Gasteiger partial charge in [0, 0.05) is 6.42 Å². The monoisotopic (exact) mass is 274 g/mol. The number of carbonyl (C=O) groups is 1. The van der Waals surface area contributed by atoms with Crippen molar-refractivity contribution in [1.29, 1.82) is 0 Å². The van der Waals surface area contributed by atoms with Crippen molar-refractivity contribution in [3.8, 4) is 0 Å². The number of carboxylic acids is 1. The molecule has 1 aromatic carbocycles. The molecule has 2 aromatic rings. The number of aryl methyl sites for hydroxylation is 2. The molecule has 0 aliphatic rings. The summed E-state index contributed by atoms with van der Waals surface area (Å²) in [5.74, 6) is -0.662. The van der Waals surface area contributed by atoms with Crippen LogP contribution in [0.4, 0.5) is 0 Å². The molecule has 6 heteroatoms. The fraction of sp³-hybridized carbons (Fsp3) is 0.429. The molecule has 0 aliphatic carbocycles. The number of aliphatic carboxylic acids is 1. The largest absolute Gasteiger partial charge is 0.481 e. The van der Waals surface area contributed by atoms with Gasteiger partial charge in [-0.3, -0.25) is 4.79 Å². The topological polar surface area (TPSA) is 80.9 Å². The third-order valence-electron chi connectivity index (χ3n) is 3.54. The zero-order valence-corrected chi connectivity index (χ0v) is 11.6. The zero-order valence-electron chi connectivity index (χ0n) is 11.6. The van der Waals surface area contributed by atoms with Crippen LogP contribution in [0.5, 0.6) is 0 Å². The molecule has 2 unspecified atom stereocenters. The molecule has 0 radical (unpaired) electrons. The minimum absolute atomic E-state index is 0.270. The molecule has 1 heterocycles. The molecule has 1 N–H and O–H groups in total. The maximum atomic E-state index is 11.0. The first-order valence-corrected chi connectivity index (χ1v) is 6.63. The third-order valence-corrected chi connectivity index (χ3v) is 3.54. The first kappa shape index (κ1) is 14.2. The molecular weight excluding hydrogens is 256 g/mol. The molecule has 106 valence electrons. The van der Waals surface area contributed by atoms with E-state index in [1.54, 1.807) is 11.6 Å². The lowest BCUT2D eigenvalue weighted by Crippen LogP contribution is -2.24. The van der Waals surface area contributed by atoms with E-state index in [9.17, 15) is 4.79 Å². The highest BCUT2D eigenvalue weighted by Gasteiger charge is 2.24. The summed E-state index contributed by atoms with van der Waals surface area (Å²) in [7, 11) is 0. The van der Waals surface area contributed by atoms with Crippen LogP contribution >= 0.6 is 0 Å². The highest BCUT2D eigenvalue weighted by Crippen LogP contribution is 2.18. The van der Waals surface area contributed by atoms with Gasteiger partial charge in [0.2, 0.25) is 0 Å². The zero-order chi connectivity index (χ0) is 14.5. The molecule has 0 saturated heterocycles. The predicted molar refractivity (Wildman–Crippen MR) is 73.2 cm³/mol. The maximum absolute atomic E-state index is 11.0. The molecule has 2 rings (SSSR count). The van der Waals surface area contributed by atoms with Crippen molar-refractivity contribution in [2.75, 3.05) is 0 Å². The van der Waals surface area contributed by atoms with Gasteiger partial charge in [0.1, 0.15) is 0 Å². The lowest BCUT2D eigenvalue weighted by atomic mass is 10.0. The van der Waals surface area contributed by atoms with Crippen molar-refractivity contribution >= 4 is 5.97 Å². The van der Waals surface area contributed by atoms with Crippen LogP contribution in [0.2, 0.25) is 0 Å². The summed E-state index contributed by atoms with van der Waals surface area (Å²) in [6.07, 6.45) is 1.52. The Kier molecular flexibility index (Phi) is 4.45. The van der Waals surface area contributed by atoms with Crippen LogP contribution in [0, 0.1) is 5.92 Å². The van der Waals surface area contributed by atoms with E-state index in [2.05, 4.69) is 27.7 Å². The quantitative estimate of drug-likeness (QED) is 0.867. The predicted octanol–water partition coefficient (Wildman–Crippen LogP) is 1.74. The van der Waals surface area contributed by atoms with Crippen LogP contribution in [0.15, 0.2) is 30.3 Å². The smallest absolute Gasteiger partial charge is 0.308 e. The molecule has 2 atom stereocenters. The number of aromatic nitrogens is 4. The van der Waals surface area contributed by atoms with Crippen molar-refractivity contribution in [3.63, 3.8) is 0 Å². The summed E-state index contributed by atoms with van der Waals surface area (Å²) >= 11 is 0. The minimum atomic E-state index is -0.845. The lowest BCUT2D eigenvalue weighted by molar-refractivity contribution is -0.142. The highest BCUT2D eigenvalue weighted by atomic mass is 16.4. The highest BCUT2D eigenvalue weighted by molar-refractivity contribution is 5.70. The standard InChI is InChI=1S/C14H18N4O2/c1-10(14(19)20)11(2)18-13(15-16-17-18)9-8-12-6-4-3-5-7-12/h3-7,10-11H,8-9H2,1-2H3,(H,19,20). The summed E-state index contributed by atoms with van der Waals surface area (Å²) in [4.78, 5) is 11.0. The van der Waals surface area contributed by atoms with Gasteiger partial charge < -0.3 is 5.11 Å². The summed E-state index contributed by atoms with van der Waals surface area (Å²) < 4.78 is 1.61. The summed E-state index contributed by atoms with van der Waals surface area (Å²) in [5.41, 5.74) is 1.21. The molecule has 0 amide bonds. The third kappa shape index (κ3) is 3.20. The van der Waals surface area contributed by atoms with E-state index in [0.717, 1.165) is 12.2 Å². The number of hydrogen-bond acceptors (Lipinski definition) is 4. The fourth-order valence-electron chi connectivity index (χ4n) is 2.01. The van der Waals surface area contributed by atoms with Gasteiger partial charge in [-0.15, -0.1) is 5.10 Å². The molecule has 0 aliphatic heterocycles. The number of benzene rings is 1. The van der Waals surface area contributed by atoms with E-state index in [0.29, 0.717) is 6.42 Å². The van der Waals surface area contributed by atoms with E-state index in [4.69, 9.17) is 5.11 Å². The Hall–Kier alpha value is -2.24. The van der Waals surface area contributed by atoms with Gasteiger partial charge >= 0.3 is 5.97 Å². The van der Waals surface area contributed by atoms with Gasteiger partial charge in [-0.05, 0) is 36.3 Å². The maximum Gasteiger partial charge on any atom is 0.308 e. The lowest BCUT2D eigenvalue weighted by Gasteiger charge is -2.17. The minimum Gasteiger partial charge on any atom is -0.481 e. The summed E-state index contributed by atoms with van der Waals surface area (Å²) in [6, 6.07) is 9.80. The number of nitrogens with zero attached hydrogens (tertiary/aromatic N) is 4.